The average molecular weight is 413 g/mol. The van der Waals surface area contributed by atoms with Gasteiger partial charge in [-0.1, -0.05) is 54.8 Å². The minimum Gasteiger partial charge on any atom is -0.325 e. The summed E-state index contributed by atoms with van der Waals surface area (Å²) in [4.78, 5) is 12.9. The van der Waals surface area contributed by atoms with Crippen molar-refractivity contribution in [3.05, 3.63) is 47.3 Å². The maximum absolute atomic E-state index is 12.9. The monoisotopic (exact) mass is 412 g/mol. The first-order chi connectivity index (χ1) is 13.9. The van der Waals surface area contributed by atoms with Crippen LogP contribution in [-0.2, 0) is 11.3 Å². The van der Waals surface area contributed by atoms with Crippen LogP contribution in [0.2, 0.25) is 0 Å². The van der Waals surface area contributed by atoms with Crippen LogP contribution in [0.5, 0.6) is 0 Å². The fourth-order valence-corrected chi connectivity index (χ4v) is 5.03. The molecule has 0 spiro atoms. The van der Waals surface area contributed by atoms with Crippen LogP contribution in [0.1, 0.15) is 67.5 Å². The first kappa shape index (κ1) is 21.6. The van der Waals surface area contributed by atoms with Crippen LogP contribution in [0.4, 0.5) is 5.69 Å². The van der Waals surface area contributed by atoms with Gasteiger partial charge in [0.15, 0.2) is 5.16 Å². The molecule has 1 aromatic carbocycles. The van der Waals surface area contributed by atoms with E-state index in [9.17, 15) is 4.79 Å². The molecular formula is C23H32N4OS. The highest BCUT2D eigenvalue weighted by Crippen LogP contribution is 2.34. The summed E-state index contributed by atoms with van der Waals surface area (Å²) in [6.45, 7) is 12.6. The lowest BCUT2D eigenvalue weighted by Crippen LogP contribution is -2.24. The molecule has 5 nitrogen and oxygen atoms in total. The van der Waals surface area contributed by atoms with Crippen LogP contribution in [0, 0.1) is 20.8 Å². The van der Waals surface area contributed by atoms with Gasteiger partial charge in [0.05, 0.1) is 5.25 Å². The molecule has 0 saturated heterocycles. The fourth-order valence-electron chi connectivity index (χ4n) is 4.16. The van der Waals surface area contributed by atoms with Crippen LogP contribution in [0.15, 0.2) is 29.9 Å². The summed E-state index contributed by atoms with van der Waals surface area (Å²) in [6, 6.07) is 4.19. The summed E-state index contributed by atoms with van der Waals surface area (Å²) in [7, 11) is 0. The molecule has 3 rings (SSSR count). The van der Waals surface area contributed by atoms with Gasteiger partial charge >= 0.3 is 0 Å². The molecule has 1 aliphatic carbocycles. The van der Waals surface area contributed by atoms with Gasteiger partial charge in [-0.3, -0.25) is 4.79 Å². The van der Waals surface area contributed by atoms with E-state index in [2.05, 4.69) is 45.7 Å². The Balaban J connectivity index is 1.74. The van der Waals surface area contributed by atoms with Gasteiger partial charge in [-0.05, 0) is 51.7 Å². The molecule has 1 aromatic heterocycles. The second kappa shape index (κ2) is 9.61. The number of nitrogens with one attached hydrogen (secondary N) is 1. The number of carbonyl (C=O) groups excluding carboxylic acids is 1. The van der Waals surface area contributed by atoms with Gasteiger partial charge in [-0.15, -0.1) is 16.8 Å². The van der Waals surface area contributed by atoms with Crippen molar-refractivity contribution in [2.75, 3.05) is 5.32 Å². The summed E-state index contributed by atoms with van der Waals surface area (Å²) in [5.74, 6) is 1.50. The molecule has 0 aliphatic heterocycles. The van der Waals surface area contributed by atoms with Crippen molar-refractivity contribution in [1.82, 2.24) is 14.8 Å². The van der Waals surface area contributed by atoms with Crippen molar-refractivity contribution in [2.45, 2.75) is 82.7 Å². The van der Waals surface area contributed by atoms with Gasteiger partial charge < -0.3 is 9.88 Å². The van der Waals surface area contributed by atoms with Crippen LogP contribution >= 0.6 is 11.8 Å². The van der Waals surface area contributed by atoms with Crippen molar-refractivity contribution in [1.29, 1.82) is 0 Å². The molecule has 1 saturated carbocycles. The van der Waals surface area contributed by atoms with Gasteiger partial charge in [0.2, 0.25) is 5.91 Å². The predicted octanol–water partition coefficient (Wildman–Crippen LogP) is 5.56. The van der Waals surface area contributed by atoms with E-state index in [1.807, 2.05) is 26.8 Å². The largest absolute Gasteiger partial charge is 0.325 e. The van der Waals surface area contributed by atoms with Crippen molar-refractivity contribution >= 4 is 23.4 Å². The van der Waals surface area contributed by atoms with Gasteiger partial charge in [0.1, 0.15) is 5.82 Å². The molecular weight excluding hydrogens is 380 g/mol. The Morgan fingerprint density at radius 3 is 2.52 bits per heavy atom. The van der Waals surface area contributed by atoms with Gasteiger partial charge in [-0.2, -0.15) is 0 Å². The number of allylic oxidation sites excluding steroid dienone is 1. The molecule has 1 N–H and O–H groups in total. The maximum Gasteiger partial charge on any atom is 0.237 e. The third-order valence-electron chi connectivity index (χ3n) is 5.60. The molecule has 1 amide bonds. The van der Waals surface area contributed by atoms with E-state index in [0.29, 0.717) is 12.5 Å². The lowest BCUT2D eigenvalue weighted by Gasteiger charge is -2.21. The second-order valence-electron chi connectivity index (χ2n) is 8.10. The first-order valence-electron chi connectivity index (χ1n) is 10.5. The molecule has 6 heteroatoms. The molecule has 1 aliphatic rings. The van der Waals surface area contributed by atoms with Crippen molar-refractivity contribution in [2.24, 2.45) is 0 Å². The van der Waals surface area contributed by atoms with Gasteiger partial charge in [0.25, 0.3) is 0 Å². The molecule has 0 unspecified atom stereocenters. The van der Waals surface area contributed by atoms with Gasteiger partial charge in [-0.25, -0.2) is 0 Å². The molecule has 29 heavy (non-hydrogen) atoms. The smallest absolute Gasteiger partial charge is 0.237 e. The average Bonchev–Trinajstić information content (AvgIpc) is 3.07. The highest BCUT2D eigenvalue weighted by molar-refractivity contribution is 8.00. The Kier molecular flexibility index (Phi) is 7.17. The maximum atomic E-state index is 12.9. The summed E-state index contributed by atoms with van der Waals surface area (Å²) in [5.41, 5.74) is 4.28. The van der Waals surface area contributed by atoms with Crippen LogP contribution in [-0.4, -0.2) is 25.9 Å². The number of benzene rings is 1. The number of thioether (sulfide) groups is 1. The number of aromatic nitrogens is 3. The molecule has 2 aromatic rings. The number of carbonyl (C=O) groups is 1. The van der Waals surface area contributed by atoms with Crippen molar-refractivity contribution in [3.8, 4) is 0 Å². The van der Waals surface area contributed by atoms with Crippen LogP contribution < -0.4 is 5.32 Å². The van der Waals surface area contributed by atoms with E-state index in [0.717, 1.165) is 27.8 Å². The Labute approximate surface area is 178 Å². The first-order valence-corrected chi connectivity index (χ1v) is 11.4. The Morgan fingerprint density at radius 1 is 1.24 bits per heavy atom. The molecule has 0 bridgehead atoms. The summed E-state index contributed by atoms with van der Waals surface area (Å²) in [5, 5.41) is 12.6. The van der Waals surface area contributed by atoms with Crippen LogP contribution in [0.25, 0.3) is 0 Å². The normalized spacial score (nSPS) is 15.9. The van der Waals surface area contributed by atoms with E-state index in [1.54, 1.807) is 0 Å². The standard InChI is InChI=1S/C23H32N4OS/c1-6-12-27-21(19-10-8-7-9-11-19)25-26-23(27)29-18(5)22(28)24-20-16(3)13-15(2)14-17(20)4/h6,13-14,18-19H,1,7-12H2,2-5H3,(H,24,28)/t18-/m0/s1. The van der Waals surface area contributed by atoms with E-state index >= 15 is 0 Å². The van der Waals surface area contributed by atoms with E-state index in [-0.39, 0.29) is 11.2 Å². The molecule has 1 fully saturated rings. The lowest BCUT2D eigenvalue weighted by molar-refractivity contribution is -0.115. The second-order valence-corrected chi connectivity index (χ2v) is 9.41. The van der Waals surface area contributed by atoms with Gasteiger partial charge in [0, 0.05) is 18.2 Å². The number of rotatable bonds is 7. The highest BCUT2D eigenvalue weighted by Gasteiger charge is 2.25. The number of anilines is 1. The van der Waals surface area contributed by atoms with E-state index in [1.165, 1.54) is 49.4 Å². The van der Waals surface area contributed by atoms with Crippen molar-refractivity contribution < 1.29 is 4.79 Å². The number of nitrogens with zero attached hydrogens (tertiary/aromatic N) is 3. The summed E-state index contributed by atoms with van der Waals surface area (Å²) >= 11 is 1.47. The Morgan fingerprint density at radius 2 is 1.90 bits per heavy atom. The number of hydrogen-bond acceptors (Lipinski definition) is 4. The van der Waals surface area contributed by atoms with Crippen molar-refractivity contribution in [3.63, 3.8) is 0 Å². The zero-order valence-corrected chi connectivity index (χ0v) is 18.8. The quantitative estimate of drug-likeness (QED) is 0.478. The highest BCUT2D eigenvalue weighted by atomic mass is 32.2. The minimum atomic E-state index is -0.276. The summed E-state index contributed by atoms with van der Waals surface area (Å²) in [6.07, 6.45) is 8.03. The number of aryl methyl sites for hydroxylation is 3. The lowest BCUT2D eigenvalue weighted by atomic mass is 9.89. The summed E-state index contributed by atoms with van der Waals surface area (Å²) < 4.78 is 2.14. The Hall–Kier alpha value is -2.08. The third kappa shape index (κ3) is 5.10. The molecule has 0 radical (unpaired) electrons. The van der Waals surface area contributed by atoms with E-state index < -0.39 is 0 Å². The van der Waals surface area contributed by atoms with E-state index in [4.69, 9.17) is 0 Å². The third-order valence-corrected chi connectivity index (χ3v) is 6.68. The topological polar surface area (TPSA) is 59.8 Å². The molecule has 1 heterocycles. The predicted molar refractivity (Wildman–Crippen MR) is 121 cm³/mol. The number of amides is 1. The minimum absolute atomic E-state index is 0.0163. The fraction of sp³-hybridized carbons (Fsp3) is 0.522. The zero-order valence-electron chi connectivity index (χ0n) is 18.0. The number of hydrogen-bond donors (Lipinski definition) is 1. The SMILES string of the molecule is C=CCn1c(S[C@@H](C)C(=O)Nc2c(C)cc(C)cc2C)nnc1C1CCCCC1. The molecule has 156 valence electrons. The zero-order chi connectivity index (χ0) is 21.0. The Bertz CT molecular complexity index is 860. The molecule has 1 atom stereocenters. The van der Waals surface area contributed by atoms with Crippen LogP contribution in [0.3, 0.4) is 0 Å².